The fourth-order valence-corrected chi connectivity index (χ4v) is 1.92. The van der Waals surface area contributed by atoms with Crippen LogP contribution in [-0.2, 0) is 4.74 Å². The van der Waals surface area contributed by atoms with Gasteiger partial charge in [-0.2, -0.15) is 5.26 Å². The second kappa shape index (κ2) is 4.46. The first-order chi connectivity index (χ1) is 7.29. The second-order valence-electron chi connectivity index (χ2n) is 4.24. The smallest absolute Gasteiger partial charge is 0.0991 e. The summed E-state index contributed by atoms with van der Waals surface area (Å²) in [4.78, 5) is 0. The lowest BCUT2D eigenvalue weighted by Gasteiger charge is -2.27. The maximum absolute atomic E-state index is 8.69. The molecule has 0 radical (unpaired) electrons. The monoisotopic (exact) mass is 201 g/mol. The average Bonchev–Trinajstić information content (AvgIpc) is 2.30. The molecular formula is C13H15NO. The predicted octanol–water partition coefficient (Wildman–Crippen LogP) is 3.05. The highest BCUT2D eigenvalue weighted by molar-refractivity contribution is 5.32. The van der Waals surface area contributed by atoms with Crippen LogP contribution in [0.4, 0.5) is 0 Å². The van der Waals surface area contributed by atoms with Crippen molar-refractivity contribution in [3.05, 3.63) is 35.4 Å². The Bertz CT molecular complexity index is 355. The lowest BCUT2D eigenvalue weighted by atomic mass is 9.95. The van der Waals surface area contributed by atoms with Crippen molar-refractivity contribution in [1.29, 1.82) is 5.26 Å². The number of rotatable bonds is 1. The van der Waals surface area contributed by atoms with Crippen LogP contribution in [0.3, 0.4) is 0 Å². The quantitative estimate of drug-likeness (QED) is 0.699. The zero-order valence-electron chi connectivity index (χ0n) is 8.94. The number of benzene rings is 1. The zero-order valence-corrected chi connectivity index (χ0v) is 8.94. The molecule has 0 saturated carbocycles. The summed E-state index contributed by atoms with van der Waals surface area (Å²) >= 11 is 0. The normalized spacial score (nSPS) is 25.9. The Hall–Kier alpha value is -1.33. The molecule has 2 rings (SSSR count). The molecule has 0 amide bonds. The van der Waals surface area contributed by atoms with Gasteiger partial charge in [0.05, 0.1) is 17.7 Å². The number of nitrogens with zero attached hydrogens (tertiary/aromatic N) is 1. The first-order valence-corrected chi connectivity index (χ1v) is 5.41. The SMILES string of the molecule is CC1CCC(c2ccc(C#N)cc2)OC1. The molecule has 2 unspecified atom stereocenters. The number of nitriles is 1. The maximum Gasteiger partial charge on any atom is 0.0991 e. The summed E-state index contributed by atoms with van der Waals surface area (Å²) in [5, 5.41) is 8.69. The molecule has 1 aliphatic heterocycles. The van der Waals surface area contributed by atoms with Crippen molar-refractivity contribution in [1.82, 2.24) is 0 Å². The third kappa shape index (κ3) is 2.37. The summed E-state index contributed by atoms with van der Waals surface area (Å²) in [6, 6.07) is 9.84. The molecule has 1 fully saturated rings. The van der Waals surface area contributed by atoms with E-state index in [1.165, 1.54) is 12.0 Å². The maximum atomic E-state index is 8.69. The molecule has 15 heavy (non-hydrogen) atoms. The van der Waals surface area contributed by atoms with Gasteiger partial charge in [-0.25, -0.2) is 0 Å². The second-order valence-corrected chi connectivity index (χ2v) is 4.24. The van der Waals surface area contributed by atoms with Gasteiger partial charge in [0.1, 0.15) is 0 Å². The molecule has 1 saturated heterocycles. The van der Waals surface area contributed by atoms with Crippen molar-refractivity contribution in [2.24, 2.45) is 5.92 Å². The number of ether oxygens (including phenoxy) is 1. The van der Waals surface area contributed by atoms with Gasteiger partial charge in [-0.05, 0) is 36.5 Å². The Balaban J connectivity index is 2.07. The van der Waals surface area contributed by atoms with E-state index in [0.717, 1.165) is 13.0 Å². The molecule has 1 heterocycles. The molecule has 2 heteroatoms. The van der Waals surface area contributed by atoms with Crippen LogP contribution < -0.4 is 0 Å². The van der Waals surface area contributed by atoms with Crippen LogP contribution in [0.1, 0.15) is 37.0 Å². The van der Waals surface area contributed by atoms with Gasteiger partial charge in [0.2, 0.25) is 0 Å². The summed E-state index contributed by atoms with van der Waals surface area (Å²) in [7, 11) is 0. The minimum absolute atomic E-state index is 0.231. The van der Waals surface area contributed by atoms with Crippen molar-refractivity contribution in [2.45, 2.75) is 25.9 Å². The predicted molar refractivity (Wildman–Crippen MR) is 58.2 cm³/mol. The minimum Gasteiger partial charge on any atom is -0.373 e. The minimum atomic E-state index is 0.231. The molecule has 0 spiro atoms. The molecular weight excluding hydrogens is 186 g/mol. The first-order valence-electron chi connectivity index (χ1n) is 5.41. The van der Waals surface area contributed by atoms with Crippen molar-refractivity contribution >= 4 is 0 Å². The van der Waals surface area contributed by atoms with E-state index in [1.54, 1.807) is 0 Å². The van der Waals surface area contributed by atoms with Crippen molar-refractivity contribution in [3.8, 4) is 6.07 Å². The third-order valence-corrected chi connectivity index (χ3v) is 2.92. The molecule has 0 aromatic heterocycles. The van der Waals surface area contributed by atoms with Crippen LogP contribution in [-0.4, -0.2) is 6.61 Å². The Morgan fingerprint density at radius 1 is 1.27 bits per heavy atom. The van der Waals surface area contributed by atoms with Gasteiger partial charge < -0.3 is 4.74 Å². The van der Waals surface area contributed by atoms with Gasteiger partial charge in [0.25, 0.3) is 0 Å². The van der Waals surface area contributed by atoms with E-state index in [1.807, 2.05) is 24.3 Å². The summed E-state index contributed by atoms with van der Waals surface area (Å²) < 4.78 is 5.77. The molecule has 0 aliphatic carbocycles. The van der Waals surface area contributed by atoms with Crippen molar-refractivity contribution in [2.75, 3.05) is 6.61 Å². The molecule has 78 valence electrons. The Kier molecular flexibility index (Phi) is 3.03. The first kappa shape index (κ1) is 10.2. The van der Waals surface area contributed by atoms with E-state index in [4.69, 9.17) is 10.00 Å². The summed E-state index contributed by atoms with van der Waals surface area (Å²) in [6.45, 7) is 3.07. The van der Waals surface area contributed by atoms with Gasteiger partial charge in [-0.15, -0.1) is 0 Å². The van der Waals surface area contributed by atoms with Gasteiger partial charge in [0, 0.05) is 6.61 Å². The van der Waals surface area contributed by atoms with Crippen LogP contribution in [0.25, 0.3) is 0 Å². The molecule has 0 N–H and O–H groups in total. The molecule has 1 aromatic carbocycles. The zero-order chi connectivity index (χ0) is 10.7. The molecule has 1 aliphatic rings. The molecule has 0 bridgehead atoms. The summed E-state index contributed by atoms with van der Waals surface area (Å²) in [5.74, 6) is 0.680. The van der Waals surface area contributed by atoms with Crippen molar-refractivity contribution < 1.29 is 4.74 Å². The van der Waals surface area contributed by atoms with Gasteiger partial charge in [-0.1, -0.05) is 19.1 Å². The highest BCUT2D eigenvalue weighted by atomic mass is 16.5. The van der Waals surface area contributed by atoms with Crippen LogP contribution >= 0.6 is 0 Å². The van der Waals surface area contributed by atoms with Crippen LogP contribution in [0, 0.1) is 17.2 Å². The molecule has 2 nitrogen and oxygen atoms in total. The summed E-state index contributed by atoms with van der Waals surface area (Å²) in [5.41, 5.74) is 1.91. The van der Waals surface area contributed by atoms with Crippen molar-refractivity contribution in [3.63, 3.8) is 0 Å². The fourth-order valence-electron chi connectivity index (χ4n) is 1.92. The van der Waals surface area contributed by atoms with E-state index in [2.05, 4.69) is 13.0 Å². The summed E-state index contributed by atoms with van der Waals surface area (Å²) in [6.07, 6.45) is 2.55. The molecule has 1 aromatic rings. The largest absolute Gasteiger partial charge is 0.373 e. The van der Waals surface area contributed by atoms with Crippen LogP contribution in [0.2, 0.25) is 0 Å². The van der Waals surface area contributed by atoms with E-state index in [0.29, 0.717) is 11.5 Å². The number of hydrogen-bond donors (Lipinski definition) is 0. The van der Waals surface area contributed by atoms with Crippen LogP contribution in [0.15, 0.2) is 24.3 Å². The van der Waals surface area contributed by atoms with Gasteiger partial charge in [-0.3, -0.25) is 0 Å². The van der Waals surface area contributed by atoms with E-state index < -0.39 is 0 Å². The highest BCUT2D eigenvalue weighted by Crippen LogP contribution is 2.30. The van der Waals surface area contributed by atoms with E-state index in [9.17, 15) is 0 Å². The van der Waals surface area contributed by atoms with E-state index in [-0.39, 0.29) is 6.10 Å². The van der Waals surface area contributed by atoms with E-state index >= 15 is 0 Å². The third-order valence-electron chi connectivity index (χ3n) is 2.92. The Morgan fingerprint density at radius 3 is 2.53 bits per heavy atom. The lowest BCUT2D eigenvalue weighted by molar-refractivity contribution is -0.0123. The number of hydrogen-bond acceptors (Lipinski definition) is 2. The van der Waals surface area contributed by atoms with Crippen LogP contribution in [0.5, 0.6) is 0 Å². The highest BCUT2D eigenvalue weighted by Gasteiger charge is 2.19. The average molecular weight is 201 g/mol. The Labute approximate surface area is 90.5 Å². The van der Waals surface area contributed by atoms with Gasteiger partial charge >= 0.3 is 0 Å². The topological polar surface area (TPSA) is 33.0 Å². The lowest BCUT2D eigenvalue weighted by Crippen LogP contribution is -2.18. The van der Waals surface area contributed by atoms with Gasteiger partial charge in [0.15, 0.2) is 0 Å². The molecule has 2 atom stereocenters. The Morgan fingerprint density at radius 2 is 2.00 bits per heavy atom. The standard InChI is InChI=1S/C13H15NO/c1-10-2-7-13(15-9-10)12-5-3-11(8-14)4-6-12/h3-6,10,13H,2,7,9H2,1H3. The fraction of sp³-hybridized carbons (Fsp3) is 0.462.